The molecule has 0 spiro atoms. The summed E-state index contributed by atoms with van der Waals surface area (Å²) in [5, 5.41) is 16.4. The third-order valence-corrected chi connectivity index (χ3v) is 6.15. The highest BCUT2D eigenvalue weighted by atomic mass is 19.1. The minimum atomic E-state index is -0.282. The molecule has 1 saturated carbocycles. The van der Waals surface area contributed by atoms with Gasteiger partial charge in [-0.05, 0) is 68.9 Å². The number of ether oxygens (including phenoxy) is 1. The van der Waals surface area contributed by atoms with E-state index < -0.39 is 0 Å². The minimum Gasteiger partial charge on any atom is -0.497 e. The molecule has 2 heterocycles. The number of anilines is 3. The van der Waals surface area contributed by atoms with Crippen LogP contribution in [0.5, 0.6) is 5.75 Å². The van der Waals surface area contributed by atoms with Gasteiger partial charge in [-0.3, -0.25) is 4.57 Å². The number of aromatic nitrogens is 4. The number of rotatable bonds is 6. The van der Waals surface area contributed by atoms with Crippen LogP contribution >= 0.6 is 0 Å². The Balaban J connectivity index is 1.51. The topological polar surface area (TPSA) is 97.1 Å². The largest absolute Gasteiger partial charge is 0.497 e. The zero-order valence-electron chi connectivity index (χ0n) is 18.5. The molecule has 3 N–H and O–H groups in total. The first-order valence-corrected chi connectivity index (χ1v) is 11.3. The molecule has 0 bridgehead atoms. The number of hydrogen-bond donors (Lipinski definition) is 3. The molecule has 1 fully saturated rings. The molecule has 0 amide bonds. The fourth-order valence-electron chi connectivity index (χ4n) is 4.38. The minimum absolute atomic E-state index is 0.0980. The summed E-state index contributed by atoms with van der Waals surface area (Å²) in [6.07, 6.45) is 9.32. The standard InChI is InChI=1S/C24H27FN6O2/c1-33-18-12-6-15(7-13-18)27-23-26-14-21-22(30-23)31(16-8-10-17(32)11-9-16)24(29-21)28-20-5-3-2-4-19(20)25/h4-7,12-14,16-17,32H,2-3,8-11H2,1H3,(H,28,29)(H,26,27,30)/t16-,17+. The number of nitrogens with one attached hydrogen (secondary N) is 2. The lowest BCUT2D eigenvalue weighted by Crippen LogP contribution is -2.22. The summed E-state index contributed by atoms with van der Waals surface area (Å²) in [4.78, 5) is 13.9. The van der Waals surface area contributed by atoms with Gasteiger partial charge >= 0.3 is 0 Å². The first kappa shape index (κ1) is 21.4. The first-order chi connectivity index (χ1) is 16.1. The number of nitrogens with zero attached hydrogens (tertiary/aromatic N) is 4. The molecule has 0 atom stereocenters. The summed E-state index contributed by atoms with van der Waals surface area (Å²) in [5.41, 5.74) is 2.56. The van der Waals surface area contributed by atoms with Crippen molar-refractivity contribution >= 4 is 28.7 Å². The van der Waals surface area contributed by atoms with Crippen LogP contribution < -0.4 is 15.4 Å². The van der Waals surface area contributed by atoms with Crippen molar-refractivity contribution in [3.05, 3.63) is 54.1 Å². The molecule has 2 aliphatic rings. The molecule has 8 nitrogen and oxygen atoms in total. The van der Waals surface area contributed by atoms with E-state index in [9.17, 15) is 9.50 Å². The molecule has 9 heteroatoms. The number of fused-ring (bicyclic) bond motifs is 1. The summed E-state index contributed by atoms with van der Waals surface area (Å²) >= 11 is 0. The van der Waals surface area contributed by atoms with Crippen LogP contribution in [0.3, 0.4) is 0 Å². The van der Waals surface area contributed by atoms with Crippen molar-refractivity contribution < 1.29 is 14.2 Å². The van der Waals surface area contributed by atoms with E-state index in [0.29, 0.717) is 48.0 Å². The van der Waals surface area contributed by atoms with Gasteiger partial charge in [-0.1, -0.05) is 6.08 Å². The van der Waals surface area contributed by atoms with Gasteiger partial charge in [0.15, 0.2) is 5.65 Å². The Kier molecular flexibility index (Phi) is 5.95. The van der Waals surface area contributed by atoms with E-state index in [4.69, 9.17) is 14.7 Å². The number of aliphatic hydroxyl groups excluding tert-OH is 1. The zero-order valence-corrected chi connectivity index (χ0v) is 18.5. The van der Waals surface area contributed by atoms with E-state index in [1.807, 2.05) is 34.9 Å². The lowest BCUT2D eigenvalue weighted by molar-refractivity contribution is 0.112. The van der Waals surface area contributed by atoms with E-state index in [-0.39, 0.29) is 18.0 Å². The molecule has 0 aliphatic heterocycles. The number of halogens is 1. The number of imidazole rings is 1. The molecule has 0 unspecified atom stereocenters. The van der Waals surface area contributed by atoms with Crippen LogP contribution in [-0.4, -0.2) is 37.8 Å². The molecule has 3 aromatic rings. The van der Waals surface area contributed by atoms with Crippen molar-refractivity contribution in [1.29, 1.82) is 0 Å². The molecule has 5 rings (SSSR count). The SMILES string of the molecule is COc1ccc(Nc2ncc3nc(NC4=CCCC=C4F)n([C@H]4CC[C@@H](O)CC4)c3n2)cc1. The van der Waals surface area contributed by atoms with Crippen molar-refractivity contribution in [2.24, 2.45) is 0 Å². The molecule has 172 valence electrons. The lowest BCUT2D eigenvalue weighted by Gasteiger charge is -2.28. The van der Waals surface area contributed by atoms with Gasteiger partial charge in [0.05, 0.1) is 25.1 Å². The third-order valence-electron chi connectivity index (χ3n) is 6.15. The number of hydrogen-bond acceptors (Lipinski definition) is 7. The quantitative estimate of drug-likeness (QED) is 0.486. The Morgan fingerprint density at radius 1 is 1.03 bits per heavy atom. The Bertz CT molecular complexity index is 1200. The van der Waals surface area contributed by atoms with Gasteiger partial charge in [0.1, 0.15) is 17.1 Å². The van der Waals surface area contributed by atoms with Gasteiger partial charge in [-0.15, -0.1) is 0 Å². The average molecular weight is 451 g/mol. The average Bonchev–Trinajstić information content (AvgIpc) is 3.19. The van der Waals surface area contributed by atoms with Gasteiger partial charge < -0.3 is 20.5 Å². The zero-order chi connectivity index (χ0) is 22.8. The fraction of sp³-hybridized carbons (Fsp3) is 0.375. The summed E-state index contributed by atoms with van der Waals surface area (Å²) in [6.45, 7) is 0. The van der Waals surface area contributed by atoms with Gasteiger partial charge in [0.25, 0.3) is 0 Å². The van der Waals surface area contributed by atoms with E-state index >= 15 is 0 Å². The summed E-state index contributed by atoms with van der Waals surface area (Å²) < 4.78 is 21.6. The van der Waals surface area contributed by atoms with Crippen molar-refractivity contribution in [3.63, 3.8) is 0 Å². The van der Waals surface area contributed by atoms with E-state index in [1.165, 1.54) is 0 Å². The second-order valence-electron chi connectivity index (χ2n) is 8.40. The van der Waals surface area contributed by atoms with Crippen LogP contribution in [0, 0.1) is 0 Å². The number of aliphatic hydroxyl groups is 1. The van der Waals surface area contributed by atoms with Crippen LogP contribution in [0.2, 0.25) is 0 Å². The van der Waals surface area contributed by atoms with Crippen LogP contribution in [0.4, 0.5) is 22.0 Å². The van der Waals surface area contributed by atoms with Crippen LogP contribution in [0.15, 0.2) is 54.1 Å². The summed E-state index contributed by atoms with van der Waals surface area (Å²) in [7, 11) is 1.63. The maximum Gasteiger partial charge on any atom is 0.229 e. The van der Waals surface area contributed by atoms with Crippen molar-refractivity contribution in [3.8, 4) is 5.75 Å². The predicted octanol–water partition coefficient (Wildman–Crippen LogP) is 5.00. The van der Waals surface area contributed by atoms with Gasteiger partial charge in [-0.25, -0.2) is 14.4 Å². The molecule has 0 saturated heterocycles. The number of methoxy groups -OCH3 is 1. The fourth-order valence-corrected chi connectivity index (χ4v) is 4.38. The number of allylic oxidation sites excluding steroid dienone is 3. The molecule has 1 aromatic carbocycles. The second-order valence-corrected chi connectivity index (χ2v) is 8.40. The monoisotopic (exact) mass is 450 g/mol. The molecule has 2 aromatic heterocycles. The Labute approximate surface area is 191 Å². The summed E-state index contributed by atoms with van der Waals surface area (Å²) in [5.74, 6) is 1.48. The van der Waals surface area contributed by atoms with E-state index in [0.717, 1.165) is 30.7 Å². The Morgan fingerprint density at radius 3 is 2.52 bits per heavy atom. The van der Waals surface area contributed by atoms with E-state index in [2.05, 4.69) is 15.6 Å². The maximum atomic E-state index is 14.4. The number of benzene rings is 1. The highest BCUT2D eigenvalue weighted by Gasteiger charge is 2.27. The van der Waals surface area contributed by atoms with Crippen molar-refractivity contribution in [2.45, 2.75) is 50.7 Å². The smallest absolute Gasteiger partial charge is 0.229 e. The Hall–Kier alpha value is -3.46. The maximum absolute atomic E-state index is 14.4. The molecular weight excluding hydrogens is 423 g/mol. The molecule has 2 aliphatic carbocycles. The van der Waals surface area contributed by atoms with Crippen LogP contribution in [0.25, 0.3) is 11.2 Å². The highest BCUT2D eigenvalue weighted by molar-refractivity contribution is 5.76. The normalized spacial score (nSPS) is 20.8. The third kappa shape index (κ3) is 4.54. The van der Waals surface area contributed by atoms with Crippen LogP contribution in [0.1, 0.15) is 44.6 Å². The summed E-state index contributed by atoms with van der Waals surface area (Å²) in [6, 6.07) is 7.61. The molecule has 33 heavy (non-hydrogen) atoms. The lowest BCUT2D eigenvalue weighted by atomic mass is 9.93. The van der Waals surface area contributed by atoms with Gasteiger partial charge in [0.2, 0.25) is 11.9 Å². The van der Waals surface area contributed by atoms with Crippen molar-refractivity contribution in [2.75, 3.05) is 17.7 Å². The molecule has 0 radical (unpaired) electrons. The first-order valence-electron chi connectivity index (χ1n) is 11.3. The van der Waals surface area contributed by atoms with Crippen molar-refractivity contribution in [1.82, 2.24) is 19.5 Å². The predicted molar refractivity (Wildman–Crippen MR) is 125 cm³/mol. The van der Waals surface area contributed by atoms with Gasteiger partial charge in [0, 0.05) is 11.7 Å². The highest BCUT2D eigenvalue weighted by Crippen LogP contribution is 2.35. The van der Waals surface area contributed by atoms with E-state index in [1.54, 1.807) is 19.4 Å². The molecular formula is C24H27FN6O2. The Morgan fingerprint density at radius 2 is 1.79 bits per heavy atom. The van der Waals surface area contributed by atoms with Crippen LogP contribution in [-0.2, 0) is 0 Å². The van der Waals surface area contributed by atoms with Gasteiger partial charge in [-0.2, -0.15) is 4.98 Å². The second kappa shape index (κ2) is 9.19.